The van der Waals surface area contributed by atoms with Crippen LogP contribution in [-0.2, 0) is 0 Å². The Morgan fingerprint density at radius 3 is 2.72 bits per heavy atom. The molecule has 0 saturated carbocycles. The van der Waals surface area contributed by atoms with Crippen molar-refractivity contribution < 1.29 is 0 Å². The van der Waals surface area contributed by atoms with Crippen molar-refractivity contribution in [2.24, 2.45) is 0 Å². The highest BCUT2D eigenvalue weighted by Crippen LogP contribution is 2.28. The van der Waals surface area contributed by atoms with Crippen molar-refractivity contribution in [2.75, 3.05) is 0 Å². The Balaban J connectivity index is 1.69. The van der Waals surface area contributed by atoms with Crippen LogP contribution in [-0.4, -0.2) is 14.0 Å². The Hall–Kier alpha value is -2.41. The molecule has 0 amide bonds. The average Bonchev–Trinajstić information content (AvgIpc) is 3.29. The van der Waals surface area contributed by atoms with Crippen molar-refractivity contribution in [3.8, 4) is 5.69 Å². The van der Waals surface area contributed by atoms with Crippen LogP contribution in [0.2, 0.25) is 5.02 Å². The molecule has 0 aliphatic rings. The van der Waals surface area contributed by atoms with Crippen LogP contribution in [0.4, 0.5) is 0 Å². The molecule has 0 N–H and O–H groups in total. The van der Waals surface area contributed by atoms with E-state index in [1.54, 1.807) is 4.40 Å². The third-order valence-electron chi connectivity index (χ3n) is 5.06. The maximum Gasteiger partial charge on any atom is 0.274 e. The van der Waals surface area contributed by atoms with Crippen LogP contribution in [0.5, 0.6) is 0 Å². The second-order valence-corrected chi connectivity index (χ2v) is 9.17. The molecule has 29 heavy (non-hydrogen) atoms. The lowest BCUT2D eigenvalue weighted by Gasteiger charge is -2.10. The van der Waals surface area contributed by atoms with Gasteiger partial charge >= 0.3 is 0 Å². The molecule has 0 aliphatic carbocycles. The predicted molar refractivity (Wildman–Crippen MR) is 124 cm³/mol. The largest absolute Gasteiger partial charge is 0.318 e. The number of fused-ring (bicyclic) bond motifs is 3. The molecule has 0 saturated heterocycles. The summed E-state index contributed by atoms with van der Waals surface area (Å²) in [5, 5.41) is 0.661. The Bertz CT molecular complexity index is 1530. The SMILES string of the molecule is Cc1cc(C=c2sc3nc4ccccc4n3c2=O)c(C)n1-c1ccc(Br)c(Cl)c1. The Kier molecular flexibility index (Phi) is 4.38. The Morgan fingerprint density at radius 1 is 1.14 bits per heavy atom. The lowest BCUT2D eigenvalue weighted by Crippen LogP contribution is -2.22. The van der Waals surface area contributed by atoms with E-state index in [0.29, 0.717) is 9.55 Å². The zero-order valence-electron chi connectivity index (χ0n) is 15.6. The molecule has 0 radical (unpaired) electrons. The van der Waals surface area contributed by atoms with Gasteiger partial charge in [0.05, 0.1) is 20.6 Å². The van der Waals surface area contributed by atoms with Crippen LogP contribution in [0, 0.1) is 13.8 Å². The molecule has 3 aromatic heterocycles. The minimum absolute atomic E-state index is 0.0322. The third kappa shape index (κ3) is 2.94. The fraction of sp³-hybridized carbons (Fsp3) is 0.0909. The van der Waals surface area contributed by atoms with Crippen molar-refractivity contribution in [1.82, 2.24) is 14.0 Å². The molecular weight excluding hydrogens is 470 g/mol. The number of para-hydroxylation sites is 2. The van der Waals surface area contributed by atoms with Gasteiger partial charge in [-0.05, 0) is 77.8 Å². The first kappa shape index (κ1) is 18.6. The summed E-state index contributed by atoms with van der Waals surface area (Å²) in [4.78, 5) is 18.3. The van der Waals surface area contributed by atoms with Gasteiger partial charge in [0.15, 0.2) is 4.96 Å². The summed E-state index contributed by atoms with van der Waals surface area (Å²) in [6.07, 6.45) is 1.95. The summed E-state index contributed by atoms with van der Waals surface area (Å²) in [6, 6.07) is 15.7. The highest BCUT2D eigenvalue weighted by Gasteiger charge is 2.13. The van der Waals surface area contributed by atoms with Gasteiger partial charge in [-0.3, -0.25) is 4.79 Å². The zero-order chi connectivity index (χ0) is 20.3. The normalized spacial score (nSPS) is 12.5. The zero-order valence-corrected chi connectivity index (χ0v) is 18.8. The molecule has 3 heterocycles. The molecule has 4 nitrogen and oxygen atoms in total. The number of aryl methyl sites for hydroxylation is 1. The topological polar surface area (TPSA) is 39.3 Å². The number of aromatic nitrogens is 3. The van der Waals surface area contributed by atoms with Crippen LogP contribution in [0.25, 0.3) is 27.8 Å². The van der Waals surface area contributed by atoms with Gasteiger partial charge in [0.2, 0.25) is 0 Å². The van der Waals surface area contributed by atoms with E-state index in [0.717, 1.165) is 43.1 Å². The van der Waals surface area contributed by atoms with Gasteiger partial charge in [-0.25, -0.2) is 9.38 Å². The van der Waals surface area contributed by atoms with Crippen molar-refractivity contribution in [3.05, 3.63) is 89.9 Å². The first-order chi connectivity index (χ1) is 13.9. The van der Waals surface area contributed by atoms with E-state index in [1.807, 2.05) is 62.4 Å². The van der Waals surface area contributed by atoms with Gasteiger partial charge in [0.1, 0.15) is 0 Å². The molecule has 7 heteroatoms. The lowest BCUT2D eigenvalue weighted by molar-refractivity contribution is 0.964. The predicted octanol–water partition coefficient (Wildman–Crippen LogP) is 5.28. The maximum absolute atomic E-state index is 13.0. The lowest BCUT2D eigenvalue weighted by atomic mass is 10.2. The summed E-state index contributed by atoms with van der Waals surface area (Å²) in [7, 11) is 0. The van der Waals surface area contributed by atoms with Gasteiger partial charge in [0, 0.05) is 21.5 Å². The average molecular weight is 485 g/mol. The van der Waals surface area contributed by atoms with Crippen LogP contribution in [0.3, 0.4) is 0 Å². The van der Waals surface area contributed by atoms with E-state index in [4.69, 9.17) is 11.6 Å². The van der Waals surface area contributed by atoms with E-state index < -0.39 is 0 Å². The van der Waals surface area contributed by atoms with E-state index >= 15 is 0 Å². The van der Waals surface area contributed by atoms with E-state index in [2.05, 4.69) is 31.5 Å². The minimum Gasteiger partial charge on any atom is -0.318 e. The van der Waals surface area contributed by atoms with Crippen LogP contribution in [0.15, 0.2) is 57.8 Å². The highest BCUT2D eigenvalue weighted by molar-refractivity contribution is 9.10. The Labute approximate surface area is 183 Å². The Morgan fingerprint density at radius 2 is 1.93 bits per heavy atom. The highest BCUT2D eigenvalue weighted by atomic mass is 79.9. The van der Waals surface area contributed by atoms with Crippen molar-refractivity contribution >= 4 is 60.9 Å². The van der Waals surface area contributed by atoms with Gasteiger partial charge in [-0.2, -0.15) is 0 Å². The number of nitrogens with zero attached hydrogens (tertiary/aromatic N) is 3. The second-order valence-electron chi connectivity index (χ2n) is 6.89. The summed E-state index contributed by atoms with van der Waals surface area (Å²) in [5.41, 5.74) is 5.78. The van der Waals surface area contributed by atoms with E-state index in [9.17, 15) is 4.79 Å². The van der Waals surface area contributed by atoms with Gasteiger partial charge in [0.25, 0.3) is 5.56 Å². The molecule has 2 aromatic carbocycles. The quantitative estimate of drug-likeness (QED) is 0.342. The van der Waals surface area contributed by atoms with Crippen LogP contribution < -0.4 is 10.1 Å². The standard InChI is InChI=1S/C22H15BrClN3OS/c1-12-9-14(13(2)26(12)15-7-8-16(23)17(24)11-15)10-20-21(28)27-19-6-4-3-5-18(19)25-22(27)29-20/h3-11H,1-2H3. The van der Waals surface area contributed by atoms with Crippen molar-refractivity contribution in [3.63, 3.8) is 0 Å². The van der Waals surface area contributed by atoms with Crippen LogP contribution in [0.1, 0.15) is 17.0 Å². The summed E-state index contributed by atoms with van der Waals surface area (Å²) < 4.78 is 5.37. The second kappa shape index (κ2) is 6.83. The third-order valence-corrected chi connectivity index (χ3v) is 7.26. The number of thiazole rings is 1. The number of hydrogen-bond donors (Lipinski definition) is 0. The molecule has 0 unspecified atom stereocenters. The van der Waals surface area contributed by atoms with E-state index in [1.165, 1.54) is 11.3 Å². The monoisotopic (exact) mass is 483 g/mol. The molecule has 0 spiro atoms. The molecule has 144 valence electrons. The number of rotatable bonds is 2. The summed E-state index contributed by atoms with van der Waals surface area (Å²) >= 11 is 11.1. The van der Waals surface area contributed by atoms with Gasteiger partial charge in [-0.1, -0.05) is 35.1 Å². The summed E-state index contributed by atoms with van der Waals surface area (Å²) in [5.74, 6) is 0. The molecule has 5 aromatic rings. The fourth-order valence-corrected chi connectivity index (χ4v) is 5.11. The number of halogens is 2. The van der Waals surface area contributed by atoms with Gasteiger partial charge in [-0.15, -0.1) is 0 Å². The molecule has 0 bridgehead atoms. The molecule has 0 fully saturated rings. The molecule has 5 rings (SSSR count). The molecular formula is C22H15BrClN3OS. The maximum atomic E-state index is 13.0. The van der Waals surface area contributed by atoms with Crippen molar-refractivity contribution in [2.45, 2.75) is 13.8 Å². The van der Waals surface area contributed by atoms with Crippen LogP contribution >= 0.6 is 38.9 Å². The number of benzene rings is 2. The smallest absolute Gasteiger partial charge is 0.274 e. The van der Waals surface area contributed by atoms with Gasteiger partial charge < -0.3 is 4.57 Å². The van der Waals surface area contributed by atoms with Crippen molar-refractivity contribution in [1.29, 1.82) is 0 Å². The first-order valence-electron chi connectivity index (χ1n) is 9.00. The number of hydrogen-bond acceptors (Lipinski definition) is 3. The number of imidazole rings is 1. The summed E-state index contributed by atoms with van der Waals surface area (Å²) in [6.45, 7) is 4.10. The van der Waals surface area contributed by atoms with E-state index in [-0.39, 0.29) is 5.56 Å². The molecule has 0 aliphatic heterocycles. The molecule has 0 atom stereocenters. The first-order valence-corrected chi connectivity index (χ1v) is 11.0. The fourth-order valence-electron chi connectivity index (χ4n) is 3.71. The minimum atomic E-state index is -0.0322.